The van der Waals surface area contributed by atoms with Crippen LogP contribution in [0.4, 0.5) is 14.7 Å². The quantitative estimate of drug-likeness (QED) is 0.887. The number of aromatic nitrogens is 3. The van der Waals surface area contributed by atoms with E-state index in [0.717, 1.165) is 24.6 Å². The largest absolute Gasteiger partial charge is 0.464 e. The van der Waals surface area contributed by atoms with E-state index in [1.165, 1.54) is 0 Å². The van der Waals surface area contributed by atoms with E-state index < -0.39 is 11.6 Å². The second-order valence-corrected chi connectivity index (χ2v) is 4.28. The Balaban J connectivity index is 2.42. The summed E-state index contributed by atoms with van der Waals surface area (Å²) in [5, 5.41) is 3.00. The summed E-state index contributed by atoms with van der Waals surface area (Å²) >= 11 is 0. The molecule has 0 aliphatic heterocycles. The van der Waals surface area contributed by atoms with Crippen molar-refractivity contribution in [3.63, 3.8) is 0 Å². The molecule has 112 valence electrons. The van der Waals surface area contributed by atoms with Gasteiger partial charge in [0.05, 0.1) is 6.61 Å². The first-order valence-electron chi connectivity index (χ1n) is 6.71. The highest BCUT2D eigenvalue weighted by atomic mass is 19.1. The first-order valence-corrected chi connectivity index (χ1v) is 6.71. The molecule has 21 heavy (non-hydrogen) atoms. The average molecular weight is 294 g/mol. The van der Waals surface area contributed by atoms with Crippen molar-refractivity contribution in [3.8, 4) is 17.4 Å². The number of nitrogens with zero attached hydrogens (tertiary/aromatic N) is 3. The minimum absolute atomic E-state index is 0.116. The third-order valence-corrected chi connectivity index (χ3v) is 2.54. The van der Waals surface area contributed by atoms with Gasteiger partial charge in [-0.15, -0.1) is 0 Å². The second-order valence-electron chi connectivity index (χ2n) is 4.28. The molecule has 0 spiro atoms. The molecule has 7 heteroatoms. The summed E-state index contributed by atoms with van der Waals surface area (Å²) in [6.07, 6.45) is 0.888. The number of anilines is 1. The Morgan fingerprint density at radius 1 is 1.05 bits per heavy atom. The van der Waals surface area contributed by atoms with E-state index in [1.54, 1.807) is 6.92 Å². The van der Waals surface area contributed by atoms with Gasteiger partial charge in [0.1, 0.15) is 11.6 Å². The summed E-state index contributed by atoms with van der Waals surface area (Å²) in [5.74, 6) is -0.904. The highest BCUT2D eigenvalue weighted by molar-refractivity contribution is 5.56. The van der Waals surface area contributed by atoms with Crippen LogP contribution in [0.5, 0.6) is 6.01 Å². The Morgan fingerprint density at radius 3 is 2.38 bits per heavy atom. The molecule has 1 N–H and O–H groups in total. The molecule has 0 atom stereocenters. The van der Waals surface area contributed by atoms with Crippen molar-refractivity contribution >= 4 is 5.95 Å². The molecule has 5 nitrogen and oxygen atoms in total. The van der Waals surface area contributed by atoms with Crippen LogP contribution < -0.4 is 10.1 Å². The van der Waals surface area contributed by atoms with Crippen LogP contribution in [-0.4, -0.2) is 28.1 Å². The highest BCUT2D eigenvalue weighted by Crippen LogP contribution is 2.21. The maximum atomic E-state index is 13.3. The van der Waals surface area contributed by atoms with Crippen molar-refractivity contribution in [1.29, 1.82) is 0 Å². The van der Waals surface area contributed by atoms with Crippen molar-refractivity contribution < 1.29 is 13.5 Å². The van der Waals surface area contributed by atoms with Crippen LogP contribution >= 0.6 is 0 Å². The van der Waals surface area contributed by atoms with Gasteiger partial charge in [0, 0.05) is 18.2 Å². The topological polar surface area (TPSA) is 59.9 Å². The Labute approximate surface area is 121 Å². The van der Waals surface area contributed by atoms with E-state index in [0.29, 0.717) is 19.1 Å². The van der Waals surface area contributed by atoms with Gasteiger partial charge in [-0.1, -0.05) is 6.92 Å². The van der Waals surface area contributed by atoms with Crippen molar-refractivity contribution in [2.75, 3.05) is 18.5 Å². The monoisotopic (exact) mass is 294 g/mol. The van der Waals surface area contributed by atoms with E-state index >= 15 is 0 Å². The SMILES string of the molecule is CCCNc1nc(OCC)nc(-c2cc(F)cc(F)c2)n1. The van der Waals surface area contributed by atoms with Crippen LogP contribution in [0.15, 0.2) is 18.2 Å². The average Bonchev–Trinajstić information content (AvgIpc) is 2.44. The van der Waals surface area contributed by atoms with Gasteiger partial charge in [-0.05, 0) is 25.5 Å². The second kappa shape index (κ2) is 6.92. The molecule has 0 radical (unpaired) electrons. The number of ether oxygens (including phenoxy) is 1. The Kier molecular flexibility index (Phi) is 4.97. The van der Waals surface area contributed by atoms with E-state index in [4.69, 9.17) is 4.74 Å². The van der Waals surface area contributed by atoms with Gasteiger partial charge in [0.2, 0.25) is 5.95 Å². The normalized spacial score (nSPS) is 10.5. The third-order valence-electron chi connectivity index (χ3n) is 2.54. The predicted molar refractivity (Wildman–Crippen MR) is 75.1 cm³/mol. The fourth-order valence-corrected chi connectivity index (χ4v) is 1.68. The number of rotatable bonds is 6. The van der Waals surface area contributed by atoms with E-state index in [-0.39, 0.29) is 17.4 Å². The fourth-order valence-electron chi connectivity index (χ4n) is 1.68. The summed E-state index contributed by atoms with van der Waals surface area (Å²) in [7, 11) is 0. The molecule has 0 fully saturated rings. The predicted octanol–water partition coefficient (Wildman–Crippen LogP) is 3.04. The standard InChI is InChI=1S/C14H16F2N4O/c1-3-5-17-13-18-12(19-14(20-13)21-4-2)9-6-10(15)8-11(16)7-9/h6-8H,3-5H2,1-2H3,(H,17,18,19,20). The summed E-state index contributed by atoms with van der Waals surface area (Å²) < 4.78 is 31.9. The molecule has 0 unspecified atom stereocenters. The zero-order chi connectivity index (χ0) is 15.2. The lowest BCUT2D eigenvalue weighted by molar-refractivity contribution is 0.312. The summed E-state index contributed by atoms with van der Waals surface area (Å²) in [5.41, 5.74) is 0.232. The number of benzene rings is 1. The molecule has 0 saturated carbocycles. The van der Waals surface area contributed by atoms with Gasteiger partial charge in [0.25, 0.3) is 0 Å². The molecule has 1 heterocycles. The van der Waals surface area contributed by atoms with Gasteiger partial charge >= 0.3 is 6.01 Å². The zero-order valence-corrected chi connectivity index (χ0v) is 11.9. The molecule has 1 aromatic heterocycles. The Bertz CT molecular complexity index is 602. The van der Waals surface area contributed by atoms with E-state index in [9.17, 15) is 8.78 Å². The van der Waals surface area contributed by atoms with Crippen LogP contribution in [0.25, 0.3) is 11.4 Å². The van der Waals surface area contributed by atoms with Gasteiger partial charge in [-0.3, -0.25) is 0 Å². The maximum Gasteiger partial charge on any atom is 0.321 e. The number of halogens is 2. The summed E-state index contributed by atoms with van der Waals surface area (Å²) in [6.45, 7) is 4.85. The molecule has 2 rings (SSSR count). The van der Waals surface area contributed by atoms with Crippen LogP contribution in [0.2, 0.25) is 0 Å². The van der Waals surface area contributed by atoms with Gasteiger partial charge in [-0.25, -0.2) is 8.78 Å². The molecule has 0 aliphatic rings. The summed E-state index contributed by atoms with van der Waals surface area (Å²) in [4.78, 5) is 12.3. The molecule has 0 aliphatic carbocycles. The number of hydrogen-bond donors (Lipinski definition) is 1. The van der Waals surface area contributed by atoms with Crippen LogP contribution in [-0.2, 0) is 0 Å². The van der Waals surface area contributed by atoms with Crippen molar-refractivity contribution in [2.24, 2.45) is 0 Å². The lowest BCUT2D eigenvalue weighted by Gasteiger charge is -2.08. The lowest BCUT2D eigenvalue weighted by Crippen LogP contribution is -2.08. The highest BCUT2D eigenvalue weighted by Gasteiger charge is 2.11. The minimum atomic E-state index is -0.688. The smallest absolute Gasteiger partial charge is 0.321 e. The van der Waals surface area contributed by atoms with E-state index in [2.05, 4.69) is 20.3 Å². The molecule has 0 amide bonds. The zero-order valence-electron chi connectivity index (χ0n) is 11.9. The molecule has 1 aromatic carbocycles. The summed E-state index contributed by atoms with van der Waals surface area (Å²) in [6, 6.07) is 3.24. The lowest BCUT2D eigenvalue weighted by atomic mass is 10.2. The first kappa shape index (κ1) is 15.1. The molecule has 2 aromatic rings. The molecular weight excluding hydrogens is 278 g/mol. The Morgan fingerprint density at radius 2 is 1.76 bits per heavy atom. The van der Waals surface area contributed by atoms with Gasteiger partial charge < -0.3 is 10.1 Å². The van der Waals surface area contributed by atoms with Crippen LogP contribution in [0, 0.1) is 11.6 Å². The van der Waals surface area contributed by atoms with E-state index in [1.807, 2.05) is 6.92 Å². The van der Waals surface area contributed by atoms with Crippen LogP contribution in [0.3, 0.4) is 0 Å². The first-order chi connectivity index (χ1) is 10.1. The van der Waals surface area contributed by atoms with Crippen LogP contribution in [0.1, 0.15) is 20.3 Å². The third kappa shape index (κ3) is 4.08. The molecule has 0 bridgehead atoms. The molecule has 0 saturated heterocycles. The van der Waals surface area contributed by atoms with Crippen molar-refractivity contribution in [2.45, 2.75) is 20.3 Å². The fraction of sp³-hybridized carbons (Fsp3) is 0.357. The van der Waals surface area contributed by atoms with Gasteiger partial charge in [-0.2, -0.15) is 15.0 Å². The minimum Gasteiger partial charge on any atom is -0.464 e. The van der Waals surface area contributed by atoms with Gasteiger partial charge in [0.15, 0.2) is 5.82 Å². The maximum absolute atomic E-state index is 13.3. The molecular formula is C14H16F2N4O. The Hall–Kier alpha value is -2.31. The number of hydrogen-bond acceptors (Lipinski definition) is 5. The number of nitrogens with one attached hydrogen (secondary N) is 1. The van der Waals surface area contributed by atoms with Crippen molar-refractivity contribution in [3.05, 3.63) is 29.8 Å². The van der Waals surface area contributed by atoms with Crippen molar-refractivity contribution in [1.82, 2.24) is 15.0 Å².